The van der Waals surface area contributed by atoms with Crippen LogP contribution in [0.25, 0.3) is 11.3 Å². The number of nitrogens with zero attached hydrogens (tertiary/aromatic N) is 4. The summed E-state index contributed by atoms with van der Waals surface area (Å²) in [5, 5.41) is 26.2. The molecule has 220 valence electrons. The SMILES string of the molecule is COc1cc([N+](=O)[O-])ccc1-c1ccc([C@H]2[C@@H](c3ccccn3)NC(=S)N2c2ccc(Sc3ccc([N+](=O)[O-])cc3)cc2)o1. The number of anilines is 1. The number of hydrogen-bond donors (Lipinski definition) is 1. The van der Waals surface area contributed by atoms with Crippen molar-refractivity contribution >= 4 is 46.2 Å². The van der Waals surface area contributed by atoms with Crippen molar-refractivity contribution in [1.29, 1.82) is 0 Å². The molecule has 44 heavy (non-hydrogen) atoms. The van der Waals surface area contributed by atoms with Crippen molar-refractivity contribution in [2.75, 3.05) is 12.0 Å². The number of hydrogen-bond acceptors (Lipinski definition) is 9. The standard InChI is InChI=1S/C31H23N5O6S2/c1-41-28-18-21(36(39)40)9-14-24(28)26-15-16-27(42-26)30-29(25-4-2-3-17-32-25)33-31(43)34(30)19-5-10-22(11-6-19)44-23-12-7-20(8-13-23)35(37)38/h2-18,29-30H,1H3,(H,33,43)/t29-,30+/m1/s1. The van der Waals surface area contributed by atoms with Crippen LogP contribution in [0.5, 0.6) is 5.75 Å². The number of nitro groups is 2. The van der Waals surface area contributed by atoms with Crippen molar-refractivity contribution in [2.24, 2.45) is 0 Å². The fraction of sp³-hybridized carbons (Fsp3) is 0.0968. The average molecular weight is 626 g/mol. The monoisotopic (exact) mass is 625 g/mol. The first kappa shape index (κ1) is 28.8. The van der Waals surface area contributed by atoms with Crippen molar-refractivity contribution in [3.8, 4) is 17.1 Å². The maximum atomic E-state index is 11.3. The predicted molar refractivity (Wildman–Crippen MR) is 169 cm³/mol. The van der Waals surface area contributed by atoms with Gasteiger partial charge in [-0.15, -0.1) is 0 Å². The fourth-order valence-corrected chi connectivity index (χ4v) is 6.18. The van der Waals surface area contributed by atoms with Crippen molar-refractivity contribution in [3.05, 3.63) is 135 Å². The summed E-state index contributed by atoms with van der Waals surface area (Å²) >= 11 is 7.32. The first-order valence-corrected chi connectivity index (χ1v) is 14.5. The van der Waals surface area contributed by atoms with Gasteiger partial charge >= 0.3 is 0 Å². The zero-order valence-corrected chi connectivity index (χ0v) is 24.7. The van der Waals surface area contributed by atoms with Crippen LogP contribution in [-0.2, 0) is 0 Å². The molecule has 1 aliphatic heterocycles. The molecular weight excluding hydrogens is 603 g/mol. The van der Waals surface area contributed by atoms with E-state index in [1.165, 1.54) is 43.1 Å². The molecule has 0 unspecified atom stereocenters. The van der Waals surface area contributed by atoms with E-state index in [0.717, 1.165) is 21.2 Å². The maximum Gasteiger partial charge on any atom is 0.273 e. The van der Waals surface area contributed by atoms with Crippen LogP contribution < -0.4 is 15.0 Å². The minimum absolute atomic E-state index is 0.0429. The smallest absolute Gasteiger partial charge is 0.273 e. The number of benzene rings is 3. The Balaban J connectivity index is 1.33. The minimum atomic E-state index is -0.476. The highest BCUT2D eigenvalue weighted by Crippen LogP contribution is 2.44. The number of non-ortho nitro benzene ring substituents is 2. The summed E-state index contributed by atoms with van der Waals surface area (Å²) in [5.41, 5.74) is 2.13. The predicted octanol–water partition coefficient (Wildman–Crippen LogP) is 7.49. The Bertz CT molecular complexity index is 1850. The lowest BCUT2D eigenvalue weighted by atomic mass is 10.0. The highest BCUT2D eigenvalue weighted by molar-refractivity contribution is 7.99. The van der Waals surface area contributed by atoms with Crippen LogP contribution in [0.1, 0.15) is 23.5 Å². The van der Waals surface area contributed by atoms with E-state index in [1.54, 1.807) is 30.5 Å². The van der Waals surface area contributed by atoms with Gasteiger partial charge < -0.3 is 19.4 Å². The lowest BCUT2D eigenvalue weighted by Crippen LogP contribution is -2.29. The van der Waals surface area contributed by atoms with Crippen LogP contribution in [0, 0.1) is 20.2 Å². The Morgan fingerprint density at radius 1 is 0.909 bits per heavy atom. The van der Waals surface area contributed by atoms with Gasteiger partial charge in [-0.1, -0.05) is 17.8 Å². The highest BCUT2D eigenvalue weighted by atomic mass is 32.2. The Morgan fingerprint density at radius 2 is 1.59 bits per heavy atom. The van der Waals surface area contributed by atoms with Crippen molar-refractivity contribution in [2.45, 2.75) is 21.9 Å². The third-order valence-electron chi connectivity index (χ3n) is 7.08. The number of ether oxygens (including phenoxy) is 1. The molecule has 0 bridgehead atoms. The lowest BCUT2D eigenvalue weighted by molar-refractivity contribution is -0.385. The van der Waals surface area contributed by atoms with Gasteiger partial charge in [0, 0.05) is 39.9 Å². The fourth-order valence-electron chi connectivity index (χ4n) is 5.02. The molecule has 0 spiro atoms. The summed E-state index contributed by atoms with van der Waals surface area (Å²) < 4.78 is 11.8. The van der Waals surface area contributed by atoms with E-state index in [4.69, 9.17) is 21.4 Å². The van der Waals surface area contributed by atoms with Crippen LogP contribution in [0.2, 0.25) is 0 Å². The normalized spacial score (nSPS) is 16.0. The molecule has 11 nitrogen and oxygen atoms in total. The molecule has 0 aliphatic carbocycles. The topological polar surface area (TPSA) is 137 Å². The van der Waals surface area contributed by atoms with Crippen molar-refractivity contribution < 1.29 is 19.0 Å². The van der Waals surface area contributed by atoms with Crippen LogP contribution in [0.15, 0.2) is 117 Å². The first-order valence-electron chi connectivity index (χ1n) is 13.3. The van der Waals surface area contributed by atoms with Gasteiger partial charge in [-0.25, -0.2) is 0 Å². The molecule has 0 amide bonds. The number of furan rings is 1. The zero-order valence-electron chi connectivity index (χ0n) is 23.0. The number of thiocarbonyl (C=S) groups is 1. The largest absolute Gasteiger partial charge is 0.496 e. The van der Waals surface area contributed by atoms with E-state index in [9.17, 15) is 20.2 Å². The molecule has 0 saturated carbocycles. The van der Waals surface area contributed by atoms with Crippen LogP contribution in [0.4, 0.5) is 17.1 Å². The number of methoxy groups -OCH3 is 1. The van der Waals surface area contributed by atoms with Crippen molar-refractivity contribution in [3.63, 3.8) is 0 Å². The Labute approximate surface area is 260 Å². The van der Waals surface area contributed by atoms with Gasteiger partial charge in [-0.05, 0) is 78.9 Å². The quantitative estimate of drug-likeness (QED) is 0.0990. The number of nitro benzene ring substituents is 2. The molecule has 6 rings (SSSR count). The lowest BCUT2D eigenvalue weighted by Gasteiger charge is -2.26. The molecule has 2 atom stereocenters. The second-order valence-corrected chi connectivity index (χ2v) is 11.2. The van der Waals surface area contributed by atoms with Gasteiger partial charge in [0.15, 0.2) is 5.11 Å². The second kappa shape index (κ2) is 12.1. The Kier molecular flexibility index (Phi) is 7.96. The molecule has 13 heteroatoms. The van der Waals surface area contributed by atoms with E-state index >= 15 is 0 Å². The molecule has 1 N–H and O–H groups in total. The molecule has 1 saturated heterocycles. The second-order valence-electron chi connectivity index (χ2n) is 9.69. The minimum Gasteiger partial charge on any atom is -0.496 e. The van der Waals surface area contributed by atoms with Gasteiger partial charge in [0.2, 0.25) is 0 Å². The van der Waals surface area contributed by atoms with E-state index in [-0.39, 0.29) is 17.4 Å². The average Bonchev–Trinajstić information content (AvgIpc) is 3.66. The molecule has 3 aromatic carbocycles. The van der Waals surface area contributed by atoms with Crippen LogP contribution in [-0.4, -0.2) is 27.1 Å². The summed E-state index contributed by atoms with van der Waals surface area (Å²) in [6, 6.07) is 27.2. The van der Waals surface area contributed by atoms with Crippen LogP contribution >= 0.6 is 24.0 Å². The zero-order chi connectivity index (χ0) is 30.8. The van der Waals surface area contributed by atoms with E-state index in [0.29, 0.717) is 27.9 Å². The number of nitrogens with one attached hydrogen (secondary N) is 1. The number of rotatable bonds is 9. The van der Waals surface area contributed by atoms with E-state index < -0.39 is 15.9 Å². The third-order valence-corrected chi connectivity index (χ3v) is 8.41. The molecule has 2 aromatic heterocycles. The molecule has 3 heterocycles. The summed E-state index contributed by atoms with van der Waals surface area (Å²) in [6.07, 6.45) is 1.72. The van der Waals surface area contributed by atoms with Gasteiger partial charge in [0.1, 0.15) is 23.3 Å². The van der Waals surface area contributed by atoms with Crippen LogP contribution in [0.3, 0.4) is 0 Å². The molecule has 1 aliphatic rings. The maximum absolute atomic E-state index is 11.3. The first-order chi connectivity index (χ1) is 21.3. The van der Waals surface area contributed by atoms with Gasteiger partial charge in [0.05, 0.1) is 40.3 Å². The summed E-state index contributed by atoms with van der Waals surface area (Å²) in [6.45, 7) is 0. The van der Waals surface area contributed by atoms with Gasteiger partial charge in [-0.3, -0.25) is 25.2 Å². The summed E-state index contributed by atoms with van der Waals surface area (Å²) in [4.78, 5) is 29.7. The van der Waals surface area contributed by atoms with Crippen molar-refractivity contribution in [1.82, 2.24) is 10.3 Å². The van der Waals surface area contributed by atoms with Gasteiger partial charge in [0.25, 0.3) is 11.4 Å². The summed E-state index contributed by atoms with van der Waals surface area (Å²) in [5.74, 6) is 1.41. The third kappa shape index (κ3) is 5.70. The molecular formula is C31H23N5O6S2. The highest BCUT2D eigenvalue weighted by Gasteiger charge is 2.42. The molecule has 0 radical (unpaired) electrons. The molecule has 1 fully saturated rings. The molecule has 5 aromatic rings. The Morgan fingerprint density at radius 3 is 2.23 bits per heavy atom. The van der Waals surface area contributed by atoms with Gasteiger partial charge in [-0.2, -0.15) is 0 Å². The number of pyridine rings is 1. The van der Waals surface area contributed by atoms with E-state index in [2.05, 4.69) is 10.3 Å². The van der Waals surface area contributed by atoms with E-state index in [1.807, 2.05) is 53.4 Å². The summed E-state index contributed by atoms with van der Waals surface area (Å²) in [7, 11) is 1.45. The number of aromatic nitrogens is 1. The Hall–Kier alpha value is -5.27.